The molecular weight excluding hydrogens is 1510 g/mol. The predicted molar refractivity (Wildman–Crippen MR) is 446 cm³/mol. The van der Waals surface area contributed by atoms with Crippen LogP contribution in [0.2, 0.25) is 0 Å². The SMILES string of the molecule is CC.CC.CC.CC.CC.CC.CC.CC.CC(C)Cc1ccc(Cc2c[c-]ccc2)cc1.CC(C)Cc1ccc(Cc2cc[c-]cc2)cc1.CC(C)Cc1cccc(Cc2c[c-]ccc2)c1.CC(C)Cc1cccc(Cc2cc[c-]cc2)c1.C[CH-]C.C[CH-]C.C[CH-]C.C[CH-]C.[Y].[Y].[Y].[Y]. The van der Waals surface area contributed by atoms with Gasteiger partial charge in [-0.15, -0.1) is 0 Å². The smallest absolute Gasteiger partial charge is 0 e. The van der Waals surface area contributed by atoms with Crippen LogP contribution in [0.25, 0.3) is 0 Å². The molecule has 100 heavy (non-hydrogen) atoms. The van der Waals surface area contributed by atoms with E-state index in [9.17, 15) is 0 Å². The summed E-state index contributed by atoms with van der Waals surface area (Å²) in [6, 6.07) is 81.0. The van der Waals surface area contributed by atoms with Crippen molar-refractivity contribution in [1.82, 2.24) is 0 Å². The Balaban J connectivity index is -0.0000000908. The van der Waals surface area contributed by atoms with E-state index < -0.39 is 0 Å². The van der Waals surface area contributed by atoms with Crippen LogP contribution in [0.4, 0.5) is 0 Å². The van der Waals surface area contributed by atoms with E-state index in [0.717, 1.165) is 62.2 Å². The summed E-state index contributed by atoms with van der Waals surface area (Å²) in [6.45, 7) is 66.1. The van der Waals surface area contributed by atoms with Gasteiger partial charge in [0.1, 0.15) is 0 Å². The quantitative estimate of drug-likeness (QED) is 0.0846. The van der Waals surface area contributed by atoms with E-state index in [0.29, 0.717) is 0 Å². The monoisotopic (exact) mass is 1660 g/mol. The Kier molecular flexibility index (Phi) is 127. The van der Waals surface area contributed by atoms with Gasteiger partial charge in [0.05, 0.1) is 0 Å². The molecule has 0 aliphatic heterocycles. The molecule has 0 nitrogen and oxygen atoms in total. The Morgan fingerprint density at radius 3 is 0.650 bits per heavy atom. The van der Waals surface area contributed by atoms with Crippen LogP contribution < -0.4 is 0 Å². The van der Waals surface area contributed by atoms with Crippen LogP contribution in [0.5, 0.6) is 0 Å². The molecule has 4 heteroatoms. The number of rotatable bonds is 16. The van der Waals surface area contributed by atoms with Gasteiger partial charge in [-0.25, -0.2) is 0 Å². The van der Waals surface area contributed by atoms with Gasteiger partial charge in [0.15, 0.2) is 0 Å². The third-order valence-electron chi connectivity index (χ3n) is 11.4. The second kappa shape index (κ2) is 101. The fraction of sp³-hybridized carbons (Fsp3) is 0.458. The molecule has 0 fully saturated rings. The maximum Gasteiger partial charge on any atom is 0 e. The zero-order chi connectivity index (χ0) is 75.2. The predicted octanol–water partition coefficient (Wildman–Crippen LogP) is 30.2. The minimum Gasteiger partial charge on any atom is -0.335 e. The summed E-state index contributed by atoms with van der Waals surface area (Å²) in [6.07, 6.45) is 16.7. The van der Waals surface area contributed by atoms with Crippen molar-refractivity contribution in [3.05, 3.63) is 311 Å². The van der Waals surface area contributed by atoms with Crippen molar-refractivity contribution in [1.29, 1.82) is 0 Å². The first kappa shape index (κ1) is 125. The molecular formula is C96H152Y4-8. The summed E-state index contributed by atoms with van der Waals surface area (Å²) < 4.78 is 0. The first-order valence-electron chi connectivity index (χ1n) is 37.7. The molecule has 0 atom stereocenters. The topological polar surface area (TPSA) is 0 Å². The molecule has 0 saturated carbocycles. The van der Waals surface area contributed by atoms with Crippen LogP contribution >= 0.6 is 0 Å². The third-order valence-corrected chi connectivity index (χ3v) is 11.4. The molecule has 0 unspecified atom stereocenters. The van der Waals surface area contributed by atoms with Crippen molar-refractivity contribution in [2.45, 2.75) is 273 Å². The summed E-state index contributed by atoms with van der Waals surface area (Å²) in [5, 5.41) is 0. The van der Waals surface area contributed by atoms with Gasteiger partial charge in [-0.3, -0.25) is 0 Å². The Bertz CT molecular complexity index is 2420. The Morgan fingerprint density at radius 2 is 0.410 bits per heavy atom. The van der Waals surface area contributed by atoms with Gasteiger partial charge in [0, 0.05) is 131 Å². The largest absolute Gasteiger partial charge is 0.335 e. The van der Waals surface area contributed by atoms with Crippen molar-refractivity contribution in [3.8, 4) is 0 Å². The van der Waals surface area contributed by atoms with E-state index in [1.165, 1.54) is 79.6 Å². The molecule has 0 N–H and O–H groups in total. The van der Waals surface area contributed by atoms with E-state index in [4.69, 9.17) is 0 Å². The van der Waals surface area contributed by atoms with E-state index in [-0.39, 0.29) is 131 Å². The van der Waals surface area contributed by atoms with Gasteiger partial charge in [0.2, 0.25) is 0 Å². The summed E-state index contributed by atoms with van der Waals surface area (Å²) in [5.41, 5.74) is 16.6. The molecule has 8 aromatic rings. The van der Waals surface area contributed by atoms with Crippen molar-refractivity contribution in [2.75, 3.05) is 0 Å². The molecule has 0 spiro atoms. The van der Waals surface area contributed by atoms with Crippen molar-refractivity contribution < 1.29 is 131 Å². The molecule has 0 aliphatic carbocycles. The fourth-order valence-electron chi connectivity index (χ4n) is 8.31. The summed E-state index contributed by atoms with van der Waals surface area (Å²) >= 11 is 0. The van der Waals surface area contributed by atoms with Gasteiger partial charge >= 0.3 is 0 Å². The molecule has 0 aliphatic rings. The number of benzene rings is 8. The Labute approximate surface area is 729 Å². The number of hydrogen-bond acceptors (Lipinski definition) is 0. The Hall–Kier alpha value is -1.82. The molecule has 8 aromatic carbocycles. The second-order valence-electron chi connectivity index (χ2n) is 22.3. The Morgan fingerprint density at radius 1 is 0.220 bits per heavy atom. The van der Waals surface area contributed by atoms with Crippen LogP contribution in [0.1, 0.15) is 288 Å². The van der Waals surface area contributed by atoms with E-state index >= 15 is 0 Å². The van der Waals surface area contributed by atoms with Gasteiger partial charge < -0.3 is 25.7 Å². The van der Waals surface area contributed by atoms with E-state index in [1.54, 1.807) is 0 Å². The second-order valence-corrected chi connectivity index (χ2v) is 22.3. The van der Waals surface area contributed by atoms with Crippen LogP contribution in [-0.2, 0) is 182 Å². The molecule has 556 valence electrons. The molecule has 4 radical (unpaired) electrons. The number of hydrogen-bond donors (Lipinski definition) is 0. The van der Waals surface area contributed by atoms with Gasteiger partial charge in [0.25, 0.3) is 0 Å². The molecule has 0 bridgehead atoms. The zero-order valence-corrected chi connectivity index (χ0v) is 82.4. The van der Waals surface area contributed by atoms with Crippen LogP contribution in [0, 0.1) is 73.6 Å². The maximum absolute atomic E-state index is 3.13. The van der Waals surface area contributed by atoms with E-state index in [1.807, 2.05) is 240 Å². The van der Waals surface area contributed by atoms with Gasteiger partial charge in [-0.2, -0.15) is 199 Å². The first-order valence-corrected chi connectivity index (χ1v) is 37.7. The third kappa shape index (κ3) is 83.4. The minimum atomic E-state index is 0. The summed E-state index contributed by atoms with van der Waals surface area (Å²) in [7, 11) is 0. The van der Waals surface area contributed by atoms with Crippen molar-refractivity contribution >= 4 is 0 Å². The van der Waals surface area contributed by atoms with Crippen LogP contribution in [0.3, 0.4) is 0 Å². The normalized spacial score (nSPS) is 8.52. The molecule has 0 amide bonds. The average molecular weight is 1660 g/mol. The first-order chi connectivity index (χ1) is 46.6. The van der Waals surface area contributed by atoms with Crippen LogP contribution in [-0.4, -0.2) is 0 Å². The maximum atomic E-state index is 3.13. The van der Waals surface area contributed by atoms with Gasteiger partial charge in [-0.05, 0) is 108 Å². The van der Waals surface area contributed by atoms with Gasteiger partial charge in [-0.1, -0.05) is 274 Å². The summed E-state index contributed by atoms with van der Waals surface area (Å²) in [4.78, 5) is 0. The summed E-state index contributed by atoms with van der Waals surface area (Å²) in [5.74, 6) is 2.89. The van der Waals surface area contributed by atoms with Crippen molar-refractivity contribution in [2.24, 2.45) is 23.7 Å². The molecule has 0 saturated heterocycles. The minimum absolute atomic E-state index is 0. The van der Waals surface area contributed by atoms with Crippen molar-refractivity contribution in [3.63, 3.8) is 0 Å². The standard InChI is InChI=1S/4C17H19.4C3H7.8C2H6.4Y/c2*1-14(2)11-16-9-6-10-17(13-16)12-15-7-4-3-5-8-15;2*1-14(2)12-16-8-10-17(11-9-16)13-15-6-4-3-5-7-15;4*1-3-2;8*1-2;;;;/h4-10,13-14H,11-12H2,1-2H3;3-4,6-10,13-14H,11-12H2,1-2H3;4-11,14H,12-13H2,1-2H3;3-4,6-11,14H,12-13H2,1-2H3;4*3H,1-2H3;8*1-2H3;;;;/q8*-1;;;;;;;;;;;;. The average Bonchev–Trinajstić information content (AvgIpc) is 0.940. The van der Waals surface area contributed by atoms with E-state index in [2.05, 4.69) is 225 Å². The fourth-order valence-corrected chi connectivity index (χ4v) is 8.31. The zero-order valence-electron chi connectivity index (χ0n) is 71.1. The van der Waals surface area contributed by atoms with Crippen LogP contribution in [0.15, 0.2) is 194 Å². The molecule has 8 rings (SSSR count). The molecule has 0 heterocycles. The molecule has 0 aromatic heterocycles.